The molecule has 0 unspecified atom stereocenters. The summed E-state index contributed by atoms with van der Waals surface area (Å²) >= 11 is 5.98. The molecular weight excluding hydrogens is 210 g/mol. The van der Waals surface area contributed by atoms with Crippen molar-refractivity contribution in [3.63, 3.8) is 0 Å². The second kappa shape index (κ2) is 4.75. The summed E-state index contributed by atoms with van der Waals surface area (Å²) in [6.45, 7) is 0.716. The van der Waals surface area contributed by atoms with Gasteiger partial charge in [-0.05, 0) is 23.8 Å². The van der Waals surface area contributed by atoms with Gasteiger partial charge in [-0.2, -0.15) is 0 Å². The summed E-state index contributed by atoms with van der Waals surface area (Å²) in [6.07, 6.45) is 6.91. The largest absolute Gasteiger partial charge is 0.379 e. The van der Waals surface area contributed by atoms with Crippen molar-refractivity contribution in [2.75, 3.05) is 5.32 Å². The Morgan fingerprint density at radius 3 is 2.53 bits per heavy atom. The molecule has 15 heavy (non-hydrogen) atoms. The minimum atomic E-state index is 0.680. The van der Waals surface area contributed by atoms with Crippen LogP contribution in [0, 0.1) is 0 Å². The smallest absolute Gasteiger partial charge is 0.0718 e. The Labute approximate surface area is 93.1 Å². The van der Waals surface area contributed by atoms with Crippen LogP contribution in [0.5, 0.6) is 0 Å². The second-order valence-electron chi connectivity index (χ2n) is 3.06. The zero-order chi connectivity index (χ0) is 10.5. The van der Waals surface area contributed by atoms with E-state index in [1.54, 1.807) is 30.9 Å². The van der Waals surface area contributed by atoms with Gasteiger partial charge in [0.05, 0.1) is 16.9 Å². The van der Waals surface area contributed by atoms with Gasteiger partial charge in [0, 0.05) is 25.1 Å². The van der Waals surface area contributed by atoms with Crippen LogP contribution >= 0.6 is 11.6 Å². The van der Waals surface area contributed by atoms with E-state index >= 15 is 0 Å². The standard InChI is InChI=1S/C11H10ClN3/c12-10-3-6-14-8-11(10)15-7-9-1-4-13-5-2-9/h1-6,8,15H,7H2. The summed E-state index contributed by atoms with van der Waals surface area (Å²) in [7, 11) is 0. The lowest BCUT2D eigenvalue weighted by Crippen LogP contribution is -2.00. The molecule has 0 amide bonds. The molecule has 76 valence electrons. The fraction of sp³-hybridized carbons (Fsp3) is 0.0909. The summed E-state index contributed by atoms with van der Waals surface area (Å²) in [5.41, 5.74) is 2.00. The first-order valence-corrected chi connectivity index (χ1v) is 4.96. The van der Waals surface area contributed by atoms with Crippen LogP contribution in [-0.2, 0) is 6.54 Å². The first-order valence-electron chi connectivity index (χ1n) is 4.58. The highest BCUT2D eigenvalue weighted by molar-refractivity contribution is 6.33. The number of hydrogen-bond donors (Lipinski definition) is 1. The molecule has 0 aliphatic rings. The second-order valence-corrected chi connectivity index (χ2v) is 3.47. The third-order valence-electron chi connectivity index (χ3n) is 2.00. The topological polar surface area (TPSA) is 37.8 Å². The molecule has 0 aliphatic heterocycles. The number of halogens is 1. The van der Waals surface area contributed by atoms with Crippen LogP contribution in [0.15, 0.2) is 43.0 Å². The minimum absolute atomic E-state index is 0.680. The van der Waals surface area contributed by atoms with Crippen LogP contribution in [0.1, 0.15) is 5.56 Å². The van der Waals surface area contributed by atoms with Crippen molar-refractivity contribution in [3.8, 4) is 0 Å². The van der Waals surface area contributed by atoms with Crippen molar-refractivity contribution < 1.29 is 0 Å². The molecule has 3 nitrogen and oxygen atoms in total. The lowest BCUT2D eigenvalue weighted by molar-refractivity contribution is 1.12. The molecule has 0 saturated heterocycles. The number of nitrogens with zero attached hydrogens (tertiary/aromatic N) is 2. The van der Waals surface area contributed by atoms with Crippen LogP contribution in [0.25, 0.3) is 0 Å². The number of rotatable bonds is 3. The summed E-state index contributed by atoms with van der Waals surface area (Å²) in [5, 5.41) is 3.89. The Hall–Kier alpha value is -1.61. The highest BCUT2D eigenvalue weighted by Gasteiger charge is 1.98. The van der Waals surface area contributed by atoms with Crippen LogP contribution in [0.3, 0.4) is 0 Å². The van der Waals surface area contributed by atoms with Gasteiger partial charge in [-0.15, -0.1) is 0 Å². The summed E-state index contributed by atoms with van der Waals surface area (Å²) in [5.74, 6) is 0. The van der Waals surface area contributed by atoms with Crippen molar-refractivity contribution >= 4 is 17.3 Å². The highest BCUT2D eigenvalue weighted by Crippen LogP contribution is 2.19. The number of hydrogen-bond acceptors (Lipinski definition) is 3. The fourth-order valence-electron chi connectivity index (χ4n) is 1.21. The van der Waals surface area contributed by atoms with Crippen molar-refractivity contribution in [2.24, 2.45) is 0 Å². The van der Waals surface area contributed by atoms with E-state index in [-0.39, 0.29) is 0 Å². The molecule has 2 aromatic rings. The maximum atomic E-state index is 5.98. The summed E-state index contributed by atoms with van der Waals surface area (Å²) in [4.78, 5) is 7.95. The predicted octanol–water partition coefficient (Wildman–Crippen LogP) is 2.74. The van der Waals surface area contributed by atoms with Gasteiger partial charge in [-0.3, -0.25) is 9.97 Å². The van der Waals surface area contributed by atoms with Gasteiger partial charge in [0.15, 0.2) is 0 Å². The van der Waals surface area contributed by atoms with Gasteiger partial charge in [0.1, 0.15) is 0 Å². The van der Waals surface area contributed by atoms with E-state index in [2.05, 4.69) is 15.3 Å². The fourth-order valence-corrected chi connectivity index (χ4v) is 1.38. The number of pyridine rings is 2. The van der Waals surface area contributed by atoms with Crippen LogP contribution in [-0.4, -0.2) is 9.97 Å². The number of nitrogens with one attached hydrogen (secondary N) is 1. The van der Waals surface area contributed by atoms with E-state index in [1.165, 1.54) is 0 Å². The van der Waals surface area contributed by atoms with E-state index in [0.717, 1.165) is 11.3 Å². The number of anilines is 1. The van der Waals surface area contributed by atoms with Crippen LogP contribution < -0.4 is 5.32 Å². The van der Waals surface area contributed by atoms with Crippen molar-refractivity contribution in [3.05, 3.63) is 53.6 Å². The highest BCUT2D eigenvalue weighted by atomic mass is 35.5. The molecule has 4 heteroatoms. The lowest BCUT2D eigenvalue weighted by atomic mass is 10.2. The maximum absolute atomic E-state index is 5.98. The predicted molar refractivity (Wildman–Crippen MR) is 60.8 cm³/mol. The van der Waals surface area contributed by atoms with E-state index in [0.29, 0.717) is 11.6 Å². The van der Waals surface area contributed by atoms with Crippen molar-refractivity contribution in [2.45, 2.75) is 6.54 Å². The van der Waals surface area contributed by atoms with Crippen molar-refractivity contribution in [1.82, 2.24) is 9.97 Å². The average molecular weight is 220 g/mol. The first-order chi connectivity index (χ1) is 7.36. The molecule has 0 fully saturated rings. The minimum Gasteiger partial charge on any atom is -0.379 e. The van der Waals surface area contributed by atoms with E-state index < -0.39 is 0 Å². The Bertz CT molecular complexity index is 431. The molecule has 2 heterocycles. The molecule has 0 saturated carbocycles. The third kappa shape index (κ3) is 2.67. The van der Waals surface area contributed by atoms with Gasteiger partial charge >= 0.3 is 0 Å². The average Bonchev–Trinajstić information content (AvgIpc) is 2.29. The normalized spacial score (nSPS) is 9.93. The molecule has 0 aromatic carbocycles. The van der Waals surface area contributed by atoms with Gasteiger partial charge in [0.2, 0.25) is 0 Å². The summed E-state index contributed by atoms with van der Waals surface area (Å²) in [6, 6.07) is 5.67. The van der Waals surface area contributed by atoms with Gasteiger partial charge in [0.25, 0.3) is 0 Å². The molecule has 0 aliphatic carbocycles. The molecule has 2 aromatic heterocycles. The molecule has 0 radical (unpaired) electrons. The van der Waals surface area contributed by atoms with E-state index in [1.807, 2.05) is 12.1 Å². The molecule has 1 N–H and O–H groups in total. The van der Waals surface area contributed by atoms with Crippen LogP contribution in [0.4, 0.5) is 5.69 Å². The van der Waals surface area contributed by atoms with Gasteiger partial charge < -0.3 is 5.32 Å². The molecule has 2 rings (SSSR count). The van der Waals surface area contributed by atoms with E-state index in [4.69, 9.17) is 11.6 Å². The first kappa shape index (κ1) is 9.93. The Kier molecular flexibility index (Phi) is 3.15. The Balaban J connectivity index is 2.03. The zero-order valence-corrected chi connectivity index (χ0v) is 8.78. The number of aromatic nitrogens is 2. The third-order valence-corrected chi connectivity index (χ3v) is 2.33. The molecular formula is C11H10ClN3. The quantitative estimate of drug-likeness (QED) is 0.863. The van der Waals surface area contributed by atoms with Gasteiger partial charge in [-0.25, -0.2) is 0 Å². The Morgan fingerprint density at radius 2 is 1.80 bits per heavy atom. The van der Waals surface area contributed by atoms with Gasteiger partial charge in [-0.1, -0.05) is 11.6 Å². The SMILES string of the molecule is Clc1ccncc1NCc1ccncc1. The maximum Gasteiger partial charge on any atom is 0.0718 e. The lowest BCUT2D eigenvalue weighted by Gasteiger charge is -2.06. The monoisotopic (exact) mass is 219 g/mol. The Morgan fingerprint density at radius 1 is 1.07 bits per heavy atom. The molecule has 0 spiro atoms. The van der Waals surface area contributed by atoms with E-state index in [9.17, 15) is 0 Å². The van der Waals surface area contributed by atoms with Crippen LogP contribution in [0.2, 0.25) is 5.02 Å². The zero-order valence-electron chi connectivity index (χ0n) is 8.02. The molecule has 0 atom stereocenters. The summed E-state index contributed by atoms with van der Waals surface area (Å²) < 4.78 is 0. The molecule has 0 bridgehead atoms. The van der Waals surface area contributed by atoms with Crippen molar-refractivity contribution in [1.29, 1.82) is 0 Å².